The second-order valence-corrected chi connectivity index (χ2v) is 6.59. The van der Waals surface area contributed by atoms with E-state index in [9.17, 15) is 8.42 Å². The standard InChI is InChI=1S/C10H7Cl2NO3S/c11-8-3-1-2-7(4-8)10-5-9(13-16-10)6-17(12,14)15/h1-5H,6H2. The van der Waals surface area contributed by atoms with Crippen LogP contribution in [0.1, 0.15) is 5.69 Å². The molecule has 0 fully saturated rings. The Hall–Kier alpha value is -1.04. The first-order valence-corrected chi connectivity index (χ1v) is 7.43. The van der Waals surface area contributed by atoms with Gasteiger partial charge in [0, 0.05) is 27.3 Å². The third kappa shape index (κ3) is 3.46. The van der Waals surface area contributed by atoms with Crippen LogP contribution in [-0.4, -0.2) is 13.6 Å². The molecule has 0 aliphatic rings. The molecule has 0 atom stereocenters. The molecule has 7 heteroatoms. The molecule has 2 aromatic rings. The van der Waals surface area contributed by atoms with Gasteiger partial charge in [0.05, 0.1) is 0 Å². The molecule has 0 saturated heterocycles. The van der Waals surface area contributed by atoms with Gasteiger partial charge >= 0.3 is 0 Å². The van der Waals surface area contributed by atoms with Crippen LogP contribution in [0, 0.1) is 0 Å². The highest BCUT2D eigenvalue weighted by atomic mass is 35.7. The fraction of sp³-hybridized carbons (Fsp3) is 0.100. The van der Waals surface area contributed by atoms with Crippen LogP contribution in [0.2, 0.25) is 5.02 Å². The number of benzene rings is 1. The van der Waals surface area contributed by atoms with Crippen LogP contribution in [0.4, 0.5) is 0 Å². The van der Waals surface area contributed by atoms with Crippen molar-refractivity contribution < 1.29 is 12.9 Å². The minimum atomic E-state index is -3.63. The Morgan fingerprint density at radius 2 is 2.06 bits per heavy atom. The van der Waals surface area contributed by atoms with Gasteiger partial charge in [-0.2, -0.15) is 0 Å². The number of aromatic nitrogens is 1. The largest absolute Gasteiger partial charge is 0.356 e. The maximum Gasteiger partial charge on any atom is 0.238 e. The fourth-order valence-electron chi connectivity index (χ4n) is 1.33. The Kier molecular flexibility index (Phi) is 3.42. The summed E-state index contributed by atoms with van der Waals surface area (Å²) in [6.07, 6.45) is 0. The van der Waals surface area contributed by atoms with Crippen LogP contribution < -0.4 is 0 Å². The smallest absolute Gasteiger partial charge is 0.238 e. The third-order valence-corrected chi connectivity index (χ3v) is 3.19. The molecule has 0 unspecified atom stereocenters. The second kappa shape index (κ2) is 4.68. The summed E-state index contributed by atoms with van der Waals surface area (Å²) in [6, 6.07) is 8.49. The van der Waals surface area contributed by atoms with Crippen molar-refractivity contribution in [1.29, 1.82) is 0 Å². The number of halogens is 2. The van der Waals surface area contributed by atoms with Gasteiger partial charge in [0.25, 0.3) is 0 Å². The molecule has 1 aromatic heterocycles. The van der Waals surface area contributed by atoms with Gasteiger partial charge in [0.15, 0.2) is 5.76 Å². The molecular formula is C10H7Cl2NO3S. The van der Waals surface area contributed by atoms with Crippen molar-refractivity contribution in [3.05, 3.63) is 41.0 Å². The zero-order valence-electron chi connectivity index (χ0n) is 8.43. The van der Waals surface area contributed by atoms with Crippen LogP contribution in [-0.2, 0) is 14.8 Å². The minimum absolute atomic E-state index is 0.259. The lowest BCUT2D eigenvalue weighted by Crippen LogP contribution is -1.94. The lowest BCUT2D eigenvalue weighted by Gasteiger charge is -1.94. The summed E-state index contributed by atoms with van der Waals surface area (Å²) in [7, 11) is 1.49. The van der Waals surface area contributed by atoms with Gasteiger partial charge in [-0.25, -0.2) is 8.42 Å². The highest BCUT2D eigenvalue weighted by Crippen LogP contribution is 2.24. The van der Waals surface area contributed by atoms with Crippen molar-refractivity contribution in [2.24, 2.45) is 0 Å². The SMILES string of the molecule is O=S(=O)(Cl)Cc1cc(-c2cccc(Cl)c2)on1. The van der Waals surface area contributed by atoms with Gasteiger partial charge in [0.2, 0.25) is 9.05 Å². The van der Waals surface area contributed by atoms with E-state index in [1.165, 1.54) is 6.07 Å². The summed E-state index contributed by atoms with van der Waals surface area (Å²) in [5, 5.41) is 4.19. The van der Waals surface area contributed by atoms with Gasteiger partial charge in [-0.15, -0.1) is 0 Å². The Morgan fingerprint density at radius 1 is 1.29 bits per heavy atom. The average molecular weight is 292 g/mol. The molecule has 4 nitrogen and oxygen atoms in total. The molecule has 0 radical (unpaired) electrons. The van der Waals surface area contributed by atoms with E-state index < -0.39 is 9.05 Å². The monoisotopic (exact) mass is 291 g/mol. The second-order valence-electron chi connectivity index (χ2n) is 3.38. The van der Waals surface area contributed by atoms with Crippen LogP contribution in [0.15, 0.2) is 34.9 Å². The molecule has 0 aliphatic heterocycles. The van der Waals surface area contributed by atoms with Crippen molar-refractivity contribution in [1.82, 2.24) is 5.16 Å². The summed E-state index contributed by atoms with van der Waals surface area (Å²) in [6.45, 7) is 0. The predicted octanol–water partition coefficient (Wildman–Crippen LogP) is 3.06. The number of hydrogen-bond donors (Lipinski definition) is 0. The zero-order valence-corrected chi connectivity index (χ0v) is 10.8. The fourth-order valence-corrected chi connectivity index (χ4v) is 2.35. The molecule has 0 amide bonds. The number of nitrogens with zero attached hydrogens (tertiary/aromatic N) is 1. The van der Waals surface area contributed by atoms with E-state index in [1.807, 2.05) is 0 Å². The molecule has 0 saturated carbocycles. The maximum absolute atomic E-state index is 10.9. The van der Waals surface area contributed by atoms with Crippen molar-refractivity contribution in [3.63, 3.8) is 0 Å². The van der Waals surface area contributed by atoms with Crippen LogP contribution in [0.3, 0.4) is 0 Å². The van der Waals surface area contributed by atoms with E-state index >= 15 is 0 Å². The Bertz CT molecular complexity index is 637. The van der Waals surface area contributed by atoms with E-state index in [4.69, 9.17) is 26.8 Å². The Morgan fingerprint density at radius 3 is 2.71 bits per heavy atom. The van der Waals surface area contributed by atoms with Crippen molar-refractivity contribution in [2.75, 3.05) is 0 Å². The lowest BCUT2D eigenvalue weighted by molar-refractivity contribution is 0.426. The maximum atomic E-state index is 10.9. The highest BCUT2D eigenvalue weighted by molar-refractivity contribution is 8.13. The van der Waals surface area contributed by atoms with Gasteiger partial charge in [-0.3, -0.25) is 0 Å². The summed E-state index contributed by atoms with van der Waals surface area (Å²) >= 11 is 5.83. The van der Waals surface area contributed by atoms with Crippen molar-refractivity contribution >= 4 is 31.3 Å². The van der Waals surface area contributed by atoms with Gasteiger partial charge in [0.1, 0.15) is 11.4 Å². The minimum Gasteiger partial charge on any atom is -0.356 e. The molecule has 0 N–H and O–H groups in total. The summed E-state index contributed by atoms with van der Waals surface area (Å²) in [5.41, 5.74) is 0.984. The van der Waals surface area contributed by atoms with Crippen molar-refractivity contribution in [3.8, 4) is 11.3 Å². The topological polar surface area (TPSA) is 60.2 Å². The zero-order chi connectivity index (χ0) is 12.5. The van der Waals surface area contributed by atoms with E-state index in [-0.39, 0.29) is 11.4 Å². The first kappa shape index (κ1) is 12.4. The molecule has 0 spiro atoms. The first-order chi connectivity index (χ1) is 7.94. The Balaban J connectivity index is 2.30. The van der Waals surface area contributed by atoms with Gasteiger partial charge in [-0.05, 0) is 12.1 Å². The van der Waals surface area contributed by atoms with Crippen LogP contribution >= 0.6 is 22.3 Å². The van der Waals surface area contributed by atoms with Crippen LogP contribution in [0.5, 0.6) is 0 Å². The molecule has 90 valence electrons. The molecule has 0 bridgehead atoms. The van der Waals surface area contributed by atoms with Crippen molar-refractivity contribution in [2.45, 2.75) is 5.75 Å². The van der Waals surface area contributed by atoms with E-state index in [0.717, 1.165) is 5.56 Å². The number of hydrogen-bond acceptors (Lipinski definition) is 4. The predicted molar refractivity (Wildman–Crippen MR) is 65.4 cm³/mol. The summed E-state index contributed by atoms with van der Waals surface area (Å²) in [4.78, 5) is 0. The molecule has 1 aromatic carbocycles. The van der Waals surface area contributed by atoms with Gasteiger partial charge < -0.3 is 4.52 Å². The molecule has 0 aliphatic carbocycles. The lowest BCUT2D eigenvalue weighted by atomic mass is 10.2. The summed E-state index contributed by atoms with van der Waals surface area (Å²) in [5.74, 6) is 0.0846. The highest BCUT2D eigenvalue weighted by Gasteiger charge is 2.13. The number of rotatable bonds is 3. The summed E-state index contributed by atoms with van der Waals surface area (Å²) < 4.78 is 26.7. The molecule has 17 heavy (non-hydrogen) atoms. The normalized spacial score (nSPS) is 11.6. The van der Waals surface area contributed by atoms with E-state index in [0.29, 0.717) is 10.8 Å². The van der Waals surface area contributed by atoms with Gasteiger partial charge in [-0.1, -0.05) is 28.9 Å². The van der Waals surface area contributed by atoms with E-state index in [1.54, 1.807) is 24.3 Å². The van der Waals surface area contributed by atoms with Crippen LogP contribution in [0.25, 0.3) is 11.3 Å². The third-order valence-electron chi connectivity index (χ3n) is 1.99. The average Bonchev–Trinajstić information content (AvgIpc) is 2.63. The first-order valence-electron chi connectivity index (χ1n) is 4.58. The Labute approximate surface area is 108 Å². The van der Waals surface area contributed by atoms with E-state index in [2.05, 4.69) is 5.16 Å². The molecule has 2 rings (SSSR count). The molecule has 1 heterocycles. The molecular weight excluding hydrogens is 285 g/mol. The quantitative estimate of drug-likeness (QED) is 0.816.